The summed E-state index contributed by atoms with van der Waals surface area (Å²) in [6, 6.07) is 0. The molecule has 6 heteroatoms. The van der Waals surface area contributed by atoms with Crippen LogP contribution in [0, 0.1) is 5.92 Å². The van der Waals surface area contributed by atoms with Crippen LogP contribution in [0.15, 0.2) is 12.2 Å². The van der Waals surface area contributed by atoms with Crippen molar-refractivity contribution < 1.29 is 46.7 Å². The Morgan fingerprint density at radius 2 is 1.67 bits per heavy atom. The Bertz CT molecular complexity index is 342. The van der Waals surface area contributed by atoms with E-state index in [9.17, 15) is 13.0 Å². The first-order valence-electron chi connectivity index (χ1n) is 7.76. The van der Waals surface area contributed by atoms with Crippen molar-refractivity contribution in [3.05, 3.63) is 12.2 Å². The maximum atomic E-state index is 10.5. The van der Waals surface area contributed by atoms with Crippen molar-refractivity contribution in [1.82, 2.24) is 0 Å². The summed E-state index contributed by atoms with van der Waals surface area (Å²) in [6.07, 6.45) is 14.1. The van der Waals surface area contributed by atoms with Crippen LogP contribution < -0.4 is 29.6 Å². The van der Waals surface area contributed by atoms with Gasteiger partial charge >= 0.3 is 29.6 Å². The number of hydrogen-bond acceptors (Lipinski definition) is 4. The second-order valence-corrected chi connectivity index (χ2v) is 6.28. The van der Waals surface area contributed by atoms with E-state index in [0.29, 0.717) is 0 Å². The van der Waals surface area contributed by atoms with Gasteiger partial charge in [0.05, 0.1) is 6.61 Å². The van der Waals surface area contributed by atoms with Crippen molar-refractivity contribution in [2.45, 2.75) is 71.6 Å². The fourth-order valence-electron chi connectivity index (χ4n) is 2.03. The molecule has 0 bridgehead atoms. The van der Waals surface area contributed by atoms with Crippen LogP contribution in [-0.2, 0) is 14.6 Å². The van der Waals surface area contributed by atoms with E-state index >= 15 is 0 Å². The molecule has 0 N–H and O–H groups in total. The van der Waals surface area contributed by atoms with Gasteiger partial charge in [0.25, 0.3) is 0 Å². The zero-order chi connectivity index (χ0) is 15.3. The average Bonchev–Trinajstić information content (AvgIpc) is 2.38. The van der Waals surface area contributed by atoms with E-state index in [2.05, 4.69) is 24.1 Å². The minimum absolute atomic E-state index is 0. The van der Waals surface area contributed by atoms with Gasteiger partial charge in [-0.25, -0.2) is 8.42 Å². The van der Waals surface area contributed by atoms with Crippen LogP contribution in [0.2, 0.25) is 0 Å². The first kappa shape index (κ1) is 23.9. The second-order valence-electron chi connectivity index (χ2n) is 5.23. The quantitative estimate of drug-likeness (QED) is 0.167. The Balaban J connectivity index is 0. The van der Waals surface area contributed by atoms with Gasteiger partial charge in [0, 0.05) is 5.92 Å². The maximum absolute atomic E-state index is 10.5. The van der Waals surface area contributed by atoms with Crippen LogP contribution >= 0.6 is 0 Å². The number of rotatable bonds is 13. The standard InChI is InChI=1S/C15H30O4S.Na/c1-3-5-7-9-11-13-15(12-10-8-6-4-2)14-19-20(16,17)18;/h10,12,15H,3-9,11,13-14H2,1-2H3,(H,16,17,18);/q;+1/p-1/b12-10+;. The van der Waals surface area contributed by atoms with Gasteiger partial charge in [0.2, 0.25) is 10.4 Å². The van der Waals surface area contributed by atoms with Gasteiger partial charge in [-0.15, -0.1) is 0 Å². The Hall–Kier alpha value is 0.610. The molecule has 0 amide bonds. The predicted molar refractivity (Wildman–Crippen MR) is 81.2 cm³/mol. The molecule has 0 aromatic carbocycles. The third kappa shape index (κ3) is 18.6. The number of allylic oxidation sites excluding steroid dienone is 1. The molecule has 0 rings (SSSR count). The molecule has 120 valence electrons. The van der Waals surface area contributed by atoms with Gasteiger partial charge in [-0.05, 0) is 12.8 Å². The van der Waals surface area contributed by atoms with Gasteiger partial charge in [0.15, 0.2) is 0 Å². The topological polar surface area (TPSA) is 66.4 Å². The summed E-state index contributed by atoms with van der Waals surface area (Å²) in [4.78, 5) is 0. The number of unbranched alkanes of at least 4 members (excludes halogenated alkanes) is 6. The zero-order valence-electron chi connectivity index (χ0n) is 13.8. The molecule has 0 aromatic rings. The van der Waals surface area contributed by atoms with E-state index in [0.717, 1.165) is 38.5 Å². The summed E-state index contributed by atoms with van der Waals surface area (Å²) in [5.74, 6) is 0.0252. The molecule has 1 atom stereocenters. The maximum Gasteiger partial charge on any atom is 1.00 e. The monoisotopic (exact) mass is 328 g/mol. The van der Waals surface area contributed by atoms with Crippen molar-refractivity contribution in [3.63, 3.8) is 0 Å². The molecule has 0 heterocycles. The van der Waals surface area contributed by atoms with E-state index in [4.69, 9.17) is 0 Å². The molecule has 0 spiro atoms. The van der Waals surface area contributed by atoms with Gasteiger partial charge in [-0.1, -0.05) is 70.9 Å². The summed E-state index contributed by atoms with van der Waals surface area (Å²) in [5.41, 5.74) is 0. The van der Waals surface area contributed by atoms with Crippen LogP contribution in [0.3, 0.4) is 0 Å². The molecular weight excluding hydrogens is 299 g/mol. The molecule has 0 fully saturated rings. The van der Waals surface area contributed by atoms with E-state index < -0.39 is 10.4 Å². The van der Waals surface area contributed by atoms with Crippen LogP contribution in [0.5, 0.6) is 0 Å². The minimum atomic E-state index is -4.58. The summed E-state index contributed by atoms with van der Waals surface area (Å²) in [6.45, 7) is 4.28. The Morgan fingerprint density at radius 3 is 2.24 bits per heavy atom. The molecule has 21 heavy (non-hydrogen) atoms. The Kier molecular flexibility index (Phi) is 17.6. The van der Waals surface area contributed by atoms with Gasteiger partial charge in [0.1, 0.15) is 0 Å². The van der Waals surface area contributed by atoms with Gasteiger partial charge < -0.3 is 4.55 Å². The summed E-state index contributed by atoms with van der Waals surface area (Å²) >= 11 is 0. The second kappa shape index (κ2) is 15.5. The van der Waals surface area contributed by atoms with Crippen molar-refractivity contribution in [2.24, 2.45) is 5.92 Å². The first-order valence-corrected chi connectivity index (χ1v) is 9.09. The average molecular weight is 328 g/mol. The third-order valence-electron chi connectivity index (χ3n) is 3.24. The summed E-state index contributed by atoms with van der Waals surface area (Å²) in [7, 11) is -4.58. The smallest absolute Gasteiger partial charge is 0.726 e. The van der Waals surface area contributed by atoms with Crippen molar-refractivity contribution >= 4 is 10.4 Å². The molecule has 0 aliphatic carbocycles. The van der Waals surface area contributed by atoms with Crippen molar-refractivity contribution in [3.8, 4) is 0 Å². The van der Waals surface area contributed by atoms with Crippen LogP contribution in [-0.4, -0.2) is 19.6 Å². The molecule has 1 unspecified atom stereocenters. The Morgan fingerprint density at radius 1 is 1.05 bits per heavy atom. The predicted octanol–water partition coefficient (Wildman–Crippen LogP) is 1.19. The molecule has 0 aromatic heterocycles. The molecule has 0 saturated carbocycles. The fraction of sp³-hybridized carbons (Fsp3) is 0.867. The van der Waals surface area contributed by atoms with Gasteiger partial charge in [-0.3, -0.25) is 4.18 Å². The first-order chi connectivity index (χ1) is 9.49. The van der Waals surface area contributed by atoms with E-state index in [1.54, 1.807) is 0 Å². The third-order valence-corrected chi connectivity index (χ3v) is 3.66. The minimum Gasteiger partial charge on any atom is -0.726 e. The molecule has 0 saturated heterocycles. The normalized spacial score (nSPS) is 13.3. The van der Waals surface area contributed by atoms with Crippen LogP contribution in [0.1, 0.15) is 71.6 Å². The SMILES string of the molecule is CCCC/C=C/C(CCCCCCC)COS(=O)(=O)[O-].[Na+]. The van der Waals surface area contributed by atoms with Gasteiger partial charge in [-0.2, -0.15) is 0 Å². The summed E-state index contributed by atoms with van der Waals surface area (Å²) in [5, 5.41) is 0. The van der Waals surface area contributed by atoms with Crippen molar-refractivity contribution in [1.29, 1.82) is 0 Å². The molecule has 0 radical (unpaired) electrons. The molecule has 0 aliphatic rings. The van der Waals surface area contributed by atoms with Crippen LogP contribution in [0.4, 0.5) is 0 Å². The number of hydrogen-bond donors (Lipinski definition) is 0. The van der Waals surface area contributed by atoms with Crippen molar-refractivity contribution in [2.75, 3.05) is 6.61 Å². The van der Waals surface area contributed by atoms with E-state index in [1.165, 1.54) is 19.3 Å². The van der Waals surface area contributed by atoms with E-state index in [-0.39, 0.29) is 42.1 Å². The molecular formula is C15H29NaO4S. The molecule has 0 aliphatic heterocycles. The zero-order valence-corrected chi connectivity index (χ0v) is 16.7. The Labute approximate surface area is 153 Å². The largest absolute Gasteiger partial charge is 1.00 e. The summed E-state index contributed by atoms with van der Waals surface area (Å²) < 4.78 is 36.0. The molecule has 4 nitrogen and oxygen atoms in total. The fourth-order valence-corrected chi connectivity index (χ4v) is 2.37. The van der Waals surface area contributed by atoms with E-state index in [1.807, 2.05) is 6.08 Å². The van der Waals surface area contributed by atoms with Crippen LogP contribution in [0.25, 0.3) is 0 Å².